The van der Waals surface area contributed by atoms with Crippen LogP contribution >= 0.6 is 0 Å². The highest BCUT2D eigenvalue weighted by Crippen LogP contribution is 2.46. The van der Waals surface area contributed by atoms with Crippen molar-refractivity contribution >= 4 is 10.8 Å². The van der Waals surface area contributed by atoms with Gasteiger partial charge in [-0.2, -0.15) is 18.4 Å². The lowest BCUT2D eigenvalue weighted by molar-refractivity contribution is -0.177. The van der Waals surface area contributed by atoms with Crippen LogP contribution in [0.3, 0.4) is 0 Å². The molecule has 164 valence electrons. The van der Waals surface area contributed by atoms with Crippen molar-refractivity contribution in [2.75, 3.05) is 0 Å². The molecule has 0 N–H and O–H groups in total. The van der Waals surface area contributed by atoms with Gasteiger partial charge in [0.2, 0.25) is 0 Å². The number of pyridine rings is 1. The number of halogens is 3. The average molecular weight is 440 g/mol. The summed E-state index contributed by atoms with van der Waals surface area (Å²) in [5, 5.41) is 10.8. The van der Waals surface area contributed by atoms with Gasteiger partial charge in [0.25, 0.3) is 5.56 Å². The van der Waals surface area contributed by atoms with Crippen LogP contribution in [0.4, 0.5) is 13.2 Å². The molecule has 0 amide bonds. The van der Waals surface area contributed by atoms with Crippen LogP contribution < -0.4 is 11.2 Å². The Bertz CT molecular complexity index is 1390. The van der Waals surface area contributed by atoms with Crippen LogP contribution in [0.25, 0.3) is 16.5 Å². The maximum Gasteiger partial charge on any atom is 0.392 e. The smallest absolute Gasteiger partial charge is 0.295 e. The van der Waals surface area contributed by atoms with Crippen molar-refractivity contribution in [3.8, 4) is 11.8 Å². The van der Waals surface area contributed by atoms with Crippen molar-refractivity contribution in [1.29, 1.82) is 5.26 Å². The lowest BCUT2D eigenvalue weighted by Crippen LogP contribution is -2.46. The molecule has 2 aliphatic carbocycles. The summed E-state index contributed by atoms with van der Waals surface area (Å²) in [4.78, 5) is 31.1. The van der Waals surface area contributed by atoms with E-state index in [2.05, 4.69) is 11.1 Å². The van der Waals surface area contributed by atoms with E-state index >= 15 is 0 Å². The molecule has 3 aromatic rings. The molecule has 5 rings (SSSR count). The van der Waals surface area contributed by atoms with E-state index in [1.165, 1.54) is 10.8 Å². The lowest BCUT2D eigenvalue weighted by Gasteiger charge is -2.29. The van der Waals surface area contributed by atoms with Crippen molar-refractivity contribution in [3.63, 3.8) is 0 Å². The topological polar surface area (TPSA) is 80.7 Å². The standard InChI is InChI=1S/C23H19F3N4O2/c24-23(25,26)15-5-6-18-17(9-15)20(31)30(21(32)29(18)13-22(12-27)7-8-22)19-11-28-10-14-3-1-2-4-16(14)19/h1-4,10-11,15H,5-9,13H2. The van der Waals surface area contributed by atoms with Crippen molar-refractivity contribution in [2.45, 2.75) is 44.8 Å². The predicted octanol–water partition coefficient (Wildman–Crippen LogP) is 3.52. The maximum atomic E-state index is 13.6. The molecule has 32 heavy (non-hydrogen) atoms. The van der Waals surface area contributed by atoms with Crippen molar-refractivity contribution < 1.29 is 13.2 Å². The Morgan fingerprint density at radius 2 is 1.94 bits per heavy atom. The van der Waals surface area contributed by atoms with Gasteiger partial charge in [-0.1, -0.05) is 24.3 Å². The molecule has 0 aliphatic heterocycles. The summed E-state index contributed by atoms with van der Waals surface area (Å²) in [5.41, 5.74) is -1.54. The fourth-order valence-electron chi connectivity index (χ4n) is 4.59. The van der Waals surface area contributed by atoms with Crippen LogP contribution in [0.2, 0.25) is 0 Å². The Balaban J connectivity index is 1.79. The average Bonchev–Trinajstić information content (AvgIpc) is 3.56. The molecule has 1 saturated carbocycles. The molecular weight excluding hydrogens is 421 g/mol. The van der Waals surface area contributed by atoms with Crippen LogP contribution in [-0.2, 0) is 19.4 Å². The SMILES string of the molecule is N#CC1(Cn2c3c(c(=O)n(-c4cncc5ccccc45)c2=O)CC(C(F)(F)F)CC3)CC1. The quantitative estimate of drug-likeness (QED) is 0.624. The summed E-state index contributed by atoms with van der Waals surface area (Å²) >= 11 is 0. The van der Waals surface area contributed by atoms with Gasteiger partial charge < -0.3 is 0 Å². The number of nitriles is 1. The van der Waals surface area contributed by atoms with Gasteiger partial charge in [0.05, 0.1) is 29.3 Å². The van der Waals surface area contributed by atoms with Crippen LogP contribution in [0.5, 0.6) is 0 Å². The number of nitrogens with zero attached hydrogens (tertiary/aromatic N) is 4. The van der Waals surface area contributed by atoms with Gasteiger partial charge in [-0.05, 0) is 32.1 Å². The number of hydrogen-bond donors (Lipinski definition) is 0. The molecule has 0 spiro atoms. The summed E-state index contributed by atoms with van der Waals surface area (Å²) in [5.74, 6) is -1.64. The maximum absolute atomic E-state index is 13.6. The van der Waals surface area contributed by atoms with E-state index in [0.717, 1.165) is 4.57 Å². The zero-order valence-electron chi connectivity index (χ0n) is 17.0. The molecule has 6 nitrogen and oxygen atoms in total. The number of alkyl halides is 3. The minimum Gasteiger partial charge on any atom is -0.295 e. The van der Waals surface area contributed by atoms with E-state index in [-0.39, 0.29) is 30.6 Å². The van der Waals surface area contributed by atoms with Gasteiger partial charge in [0.15, 0.2) is 0 Å². The number of rotatable bonds is 3. The Morgan fingerprint density at radius 3 is 2.62 bits per heavy atom. The first-order chi connectivity index (χ1) is 15.2. The molecule has 1 aromatic carbocycles. The third-order valence-corrected chi connectivity index (χ3v) is 6.64. The van der Waals surface area contributed by atoms with E-state index in [1.807, 2.05) is 0 Å². The van der Waals surface area contributed by atoms with Crippen molar-refractivity contribution in [3.05, 3.63) is 68.8 Å². The van der Waals surface area contributed by atoms with E-state index in [4.69, 9.17) is 0 Å². The summed E-state index contributed by atoms with van der Waals surface area (Å²) in [6.45, 7) is 0.0693. The molecule has 2 heterocycles. The van der Waals surface area contributed by atoms with Crippen LogP contribution in [0.15, 0.2) is 46.2 Å². The molecule has 1 unspecified atom stereocenters. The fourth-order valence-corrected chi connectivity index (χ4v) is 4.59. The molecule has 0 saturated heterocycles. The molecule has 2 aliphatic rings. The number of fused-ring (bicyclic) bond motifs is 2. The monoisotopic (exact) mass is 440 g/mol. The zero-order chi connectivity index (χ0) is 22.7. The normalized spacial score (nSPS) is 19.4. The van der Waals surface area contributed by atoms with Crippen LogP contribution in [0.1, 0.15) is 30.5 Å². The van der Waals surface area contributed by atoms with E-state index < -0.39 is 35.2 Å². The largest absolute Gasteiger partial charge is 0.392 e. The number of hydrogen-bond acceptors (Lipinski definition) is 4. The summed E-state index contributed by atoms with van der Waals surface area (Å²) in [7, 11) is 0. The third kappa shape index (κ3) is 3.22. The van der Waals surface area contributed by atoms with Gasteiger partial charge in [0, 0.05) is 34.8 Å². The molecule has 0 bridgehead atoms. The lowest BCUT2D eigenvalue weighted by atomic mass is 9.86. The third-order valence-electron chi connectivity index (χ3n) is 6.64. The molecule has 1 atom stereocenters. The summed E-state index contributed by atoms with van der Waals surface area (Å²) in [6, 6.07) is 9.29. The highest BCUT2D eigenvalue weighted by molar-refractivity contribution is 5.89. The summed E-state index contributed by atoms with van der Waals surface area (Å²) < 4.78 is 42.7. The minimum atomic E-state index is -4.43. The first-order valence-electron chi connectivity index (χ1n) is 10.4. The second-order valence-electron chi connectivity index (χ2n) is 8.69. The number of benzene rings is 1. The van der Waals surface area contributed by atoms with E-state index in [9.17, 15) is 28.0 Å². The molecular formula is C23H19F3N4O2. The molecule has 2 aromatic heterocycles. The zero-order valence-corrected chi connectivity index (χ0v) is 17.0. The van der Waals surface area contributed by atoms with E-state index in [1.54, 1.807) is 30.5 Å². The van der Waals surface area contributed by atoms with Crippen LogP contribution in [-0.4, -0.2) is 20.3 Å². The first kappa shape index (κ1) is 20.5. The second-order valence-corrected chi connectivity index (χ2v) is 8.69. The fraction of sp³-hybridized carbons (Fsp3) is 0.391. The Labute approximate surface area is 180 Å². The van der Waals surface area contributed by atoms with Gasteiger partial charge in [-0.15, -0.1) is 0 Å². The Morgan fingerprint density at radius 1 is 1.19 bits per heavy atom. The Kier molecular flexibility index (Phi) is 4.52. The van der Waals surface area contributed by atoms with Crippen molar-refractivity contribution in [2.24, 2.45) is 11.3 Å². The van der Waals surface area contributed by atoms with Gasteiger partial charge >= 0.3 is 11.9 Å². The molecule has 0 radical (unpaired) electrons. The molecule has 9 heteroatoms. The minimum absolute atomic E-state index is 0.000140. The second kappa shape index (κ2) is 7.05. The first-order valence-corrected chi connectivity index (χ1v) is 10.4. The van der Waals surface area contributed by atoms with Gasteiger partial charge in [-0.3, -0.25) is 14.3 Å². The van der Waals surface area contributed by atoms with Gasteiger partial charge in [0.1, 0.15) is 0 Å². The summed E-state index contributed by atoms with van der Waals surface area (Å²) in [6.07, 6.45) is -0.917. The number of aromatic nitrogens is 3. The Hall–Kier alpha value is -3.41. The highest BCUT2D eigenvalue weighted by atomic mass is 19.4. The van der Waals surface area contributed by atoms with Crippen LogP contribution in [0, 0.1) is 22.7 Å². The molecule has 1 fully saturated rings. The van der Waals surface area contributed by atoms with Crippen molar-refractivity contribution in [1.82, 2.24) is 14.1 Å². The van der Waals surface area contributed by atoms with Gasteiger partial charge in [-0.25, -0.2) is 9.36 Å². The highest BCUT2D eigenvalue weighted by Gasteiger charge is 2.46. The van der Waals surface area contributed by atoms with E-state index in [0.29, 0.717) is 29.3 Å². The predicted molar refractivity (Wildman–Crippen MR) is 110 cm³/mol.